The number of aliphatic hydroxyl groups is 1. The van der Waals surface area contributed by atoms with Crippen LogP contribution in [0.15, 0.2) is 0 Å². The highest BCUT2D eigenvalue weighted by molar-refractivity contribution is 5.82. The van der Waals surface area contributed by atoms with Gasteiger partial charge in [-0.25, -0.2) is 0 Å². The van der Waals surface area contributed by atoms with Crippen LogP contribution in [0.1, 0.15) is 59.3 Å². The molecule has 0 bridgehead atoms. The average Bonchev–Trinajstić information content (AvgIpc) is 2.37. The van der Waals surface area contributed by atoms with Gasteiger partial charge in [0.25, 0.3) is 0 Å². The third kappa shape index (κ3) is 4.34. The van der Waals surface area contributed by atoms with Gasteiger partial charge in [0.15, 0.2) is 5.60 Å². The predicted octanol–water partition coefficient (Wildman–Crippen LogP) is 3.51. The molecule has 1 aliphatic heterocycles. The lowest BCUT2D eigenvalue weighted by Gasteiger charge is -2.41. The molecule has 1 amide bonds. The van der Waals surface area contributed by atoms with Crippen LogP contribution in [0.4, 0.5) is 13.2 Å². The summed E-state index contributed by atoms with van der Waals surface area (Å²) in [7, 11) is 0. The number of alkyl halides is 3. The number of hydrogen-bond acceptors (Lipinski definition) is 2. The summed E-state index contributed by atoms with van der Waals surface area (Å²) in [6, 6.07) is 0. The van der Waals surface area contributed by atoms with Crippen molar-refractivity contribution >= 4 is 5.91 Å². The van der Waals surface area contributed by atoms with Crippen LogP contribution in [-0.2, 0) is 4.79 Å². The van der Waals surface area contributed by atoms with E-state index in [9.17, 15) is 23.1 Å². The van der Waals surface area contributed by atoms with E-state index >= 15 is 0 Å². The molecule has 1 N–H and O–H groups in total. The highest BCUT2D eigenvalue weighted by Crippen LogP contribution is 2.39. The van der Waals surface area contributed by atoms with Gasteiger partial charge in [0.2, 0.25) is 5.91 Å². The highest BCUT2D eigenvalue weighted by Gasteiger charge is 2.55. The van der Waals surface area contributed by atoms with Crippen molar-refractivity contribution in [3.8, 4) is 0 Å². The third-order valence-electron chi connectivity index (χ3n) is 4.39. The van der Waals surface area contributed by atoms with E-state index < -0.39 is 30.0 Å². The number of carbonyl (C=O) groups excluding carboxylic acids is 1. The molecular formula is C15H26F3NO2. The van der Waals surface area contributed by atoms with Crippen LogP contribution in [0, 0.1) is 5.41 Å². The second kappa shape index (κ2) is 6.55. The van der Waals surface area contributed by atoms with Crippen molar-refractivity contribution in [1.82, 2.24) is 4.90 Å². The highest BCUT2D eigenvalue weighted by atomic mass is 19.4. The van der Waals surface area contributed by atoms with Crippen LogP contribution >= 0.6 is 0 Å². The van der Waals surface area contributed by atoms with E-state index in [1.165, 1.54) is 4.90 Å². The van der Waals surface area contributed by atoms with Crippen molar-refractivity contribution in [2.45, 2.75) is 71.1 Å². The summed E-state index contributed by atoms with van der Waals surface area (Å²) in [5.41, 5.74) is -3.20. The molecule has 1 fully saturated rings. The molecule has 0 radical (unpaired) electrons. The maximum absolute atomic E-state index is 12.7. The first kappa shape index (κ1) is 18.3. The number of halogens is 3. The maximum Gasteiger partial charge on any atom is 0.417 e. The molecule has 1 rings (SSSR count). The monoisotopic (exact) mass is 309 g/mol. The molecule has 0 aromatic heterocycles. The fourth-order valence-corrected chi connectivity index (χ4v) is 2.72. The summed E-state index contributed by atoms with van der Waals surface area (Å²) in [6.45, 7) is 5.70. The number of hydrogen-bond donors (Lipinski definition) is 1. The van der Waals surface area contributed by atoms with E-state index in [4.69, 9.17) is 0 Å². The Morgan fingerprint density at radius 3 is 2.14 bits per heavy atom. The van der Waals surface area contributed by atoms with Crippen LogP contribution < -0.4 is 0 Å². The molecule has 0 atom stereocenters. The van der Waals surface area contributed by atoms with Crippen LogP contribution in [0.2, 0.25) is 0 Å². The fourth-order valence-electron chi connectivity index (χ4n) is 2.72. The Labute approximate surface area is 124 Å². The minimum Gasteiger partial charge on any atom is -0.380 e. The summed E-state index contributed by atoms with van der Waals surface area (Å²) >= 11 is 0. The van der Waals surface area contributed by atoms with Gasteiger partial charge in [0.05, 0.1) is 0 Å². The number of rotatable bonds is 5. The van der Waals surface area contributed by atoms with Gasteiger partial charge in [-0.1, -0.05) is 40.0 Å². The molecule has 124 valence electrons. The van der Waals surface area contributed by atoms with Crippen molar-refractivity contribution in [2.75, 3.05) is 13.1 Å². The second-order valence-corrected chi connectivity index (χ2v) is 6.66. The standard InChI is InChI=1S/C15H26F3NO2/c1-4-5-6-7-13(2,3)12(20)19-10-8-14(21,9-11-19)15(16,17)18/h21H,4-11H2,1-3H3. The molecule has 0 aliphatic carbocycles. The van der Waals surface area contributed by atoms with E-state index in [2.05, 4.69) is 6.92 Å². The van der Waals surface area contributed by atoms with Gasteiger partial charge in [-0.2, -0.15) is 13.2 Å². The van der Waals surface area contributed by atoms with E-state index in [1.54, 1.807) is 0 Å². The zero-order valence-electron chi connectivity index (χ0n) is 13.1. The summed E-state index contributed by atoms with van der Waals surface area (Å²) in [5.74, 6) is -0.108. The van der Waals surface area contributed by atoms with Gasteiger partial charge < -0.3 is 10.0 Å². The van der Waals surface area contributed by atoms with Crippen molar-refractivity contribution in [3.05, 3.63) is 0 Å². The Kier molecular flexibility index (Phi) is 5.69. The summed E-state index contributed by atoms with van der Waals surface area (Å²) in [6.07, 6.45) is -1.72. The van der Waals surface area contributed by atoms with Gasteiger partial charge in [-0.05, 0) is 6.42 Å². The number of nitrogens with zero attached hydrogens (tertiary/aromatic N) is 1. The van der Waals surface area contributed by atoms with Crippen molar-refractivity contribution in [1.29, 1.82) is 0 Å². The summed E-state index contributed by atoms with van der Waals surface area (Å²) in [4.78, 5) is 13.9. The maximum atomic E-state index is 12.7. The Bertz CT molecular complexity index is 358. The van der Waals surface area contributed by atoms with E-state index in [0.717, 1.165) is 25.7 Å². The molecule has 21 heavy (non-hydrogen) atoms. The fraction of sp³-hybridized carbons (Fsp3) is 0.933. The summed E-state index contributed by atoms with van der Waals surface area (Å²) in [5, 5.41) is 9.62. The molecule has 1 heterocycles. The third-order valence-corrected chi connectivity index (χ3v) is 4.39. The number of unbranched alkanes of at least 4 members (excludes halogenated alkanes) is 2. The Morgan fingerprint density at radius 2 is 1.71 bits per heavy atom. The molecule has 0 saturated carbocycles. The normalized spacial score (nSPS) is 19.7. The van der Waals surface area contributed by atoms with E-state index in [1.807, 2.05) is 13.8 Å². The lowest BCUT2D eigenvalue weighted by molar-refractivity contribution is -0.272. The Morgan fingerprint density at radius 1 is 1.19 bits per heavy atom. The van der Waals surface area contributed by atoms with Crippen LogP contribution in [0.3, 0.4) is 0 Å². The molecule has 0 spiro atoms. The van der Waals surface area contributed by atoms with Gasteiger partial charge in [-0.3, -0.25) is 4.79 Å². The smallest absolute Gasteiger partial charge is 0.380 e. The summed E-state index contributed by atoms with van der Waals surface area (Å²) < 4.78 is 38.2. The first-order valence-electron chi connectivity index (χ1n) is 7.62. The first-order chi connectivity index (χ1) is 9.53. The van der Waals surface area contributed by atoms with Gasteiger partial charge in [0.1, 0.15) is 0 Å². The Balaban J connectivity index is 2.59. The average molecular weight is 309 g/mol. The second-order valence-electron chi connectivity index (χ2n) is 6.66. The van der Waals surface area contributed by atoms with E-state index in [0.29, 0.717) is 0 Å². The number of carbonyl (C=O) groups is 1. The van der Waals surface area contributed by atoms with Crippen molar-refractivity contribution in [3.63, 3.8) is 0 Å². The molecular weight excluding hydrogens is 283 g/mol. The molecule has 0 unspecified atom stereocenters. The van der Waals surface area contributed by atoms with Crippen LogP contribution in [-0.4, -0.2) is 40.8 Å². The topological polar surface area (TPSA) is 40.5 Å². The molecule has 0 aromatic carbocycles. The predicted molar refractivity (Wildman–Crippen MR) is 74.7 cm³/mol. The van der Waals surface area contributed by atoms with Crippen LogP contribution in [0.5, 0.6) is 0 Å². The zero-order valence-corrected chi connectivity index (χ0v) is 13.1. The molecule has 3 nitrogen and oxygen atoms in total. The quantitative estimate of drug-likeness (QED) is 0.790. The molecule has 6 heteroatoms. The van der Waals surface area contributed by atoms with Crippen LogP contribution in [0.25, 0.3) is 0 Å². The van der Waals surface area contributed by atoms with Crippen molar-refractivity contribution in [2.24, 2.45) is 5.41 Å². The molecule has 1 saturated heterocycles. The zero-order chi connectivity index (χ0) is 16.3. The lowest BCUT2D eigenvalue weighted by atomic mass is 9.83. The minimum atomic E-state index is -4.63. The number of piperidine rings is 1. The minimum absolute atomic E-state index is 0.0357. The first-order valence-corrected chi connectivity index (χ1v) is 7.62. The van der Waals surface area contributed by atoms with Gasteiger partial charge in [0, 0.05) is 31.3 Å². The molecule has 1 aliphatic rings. The SMILES string of the molecule is CCCCCC(C)(C)C(=O)N1CCC(O)(C(F)(F)F)CC1. The largest absolute Gasteiger partial charge is 0.417 e. The number of amides is 1. The number of likely N-dealkylation sites (tertiary alicyclic amines) is 1. The van der Waals surface area contributed by atoms with E-state index in [-0.39, 0.29) is 19.0 Å². The molecule has 0 aromatic rings. The Hall–Kier alpha value is -0.780. The lowest BCUT2D eigenvalue weighted by Crippen LogP contribution is -2.56. The van der Waals surface area contributed by atoms with Gasteiger partial charge in [-0.15, -0.1) is 0 Å². The van der Waals surface area contributed by atoms with Crippen molar-refractivity contribution < 1.29 is 23.1 Å². The van der Waals surface area contributed by atoms with Gasteiger partial charge >= 0.3 is 6.18 Å².